The van der Waals surface area contributed by atoms with Gasteiger partial charge in [-0.3, -0.25) is 9.58 Å². The van der Waals surface area contributed by atoms with E-state index >= 15 is 0 Å². The molecule has 2 aromatic heterocycles. The highest BCUT2D eigenvalue weighted by atomic mass is 16.5. The normalized spacial score (nSPS) is 25.3. The number of hydrogen-bond donors (Lipinski definition) is 0. The quantitative estimate of drug-likeness (QED) is 0.838. The van der Waals surface area contributed by atoms with Crippen molar-refractivity contribution in [2.24, 2.45) is 13.0 Å². The molecule has 2 aliphatic rings. The molecule has 0 N–H and O–H groups in total. The first-order valence-electron chi connectivity index (χ1n) is 8.66. The Labute approximate surface area is 142 Å². The first-order valence-corrected chi connectivity index (χ1v) is 8.66. The Balaban J connectivity index is 1.34. The van der Waals surface area contributed by atoms with E-state index in [0.29, 0.717) is 5.92 Å². The van der Waals surface area contributed by atoms with E-state index in [2.05, 4.69) is 31.2 Å². The number of piperazine rings is 1. The third-order valence-electron chi connectivity index (χ3n) is 5.11. The van der Waals surface area contributed by atoms with Crippen LogP contribution >= 0.6 is 0 Å². The van der Waals surface area contributed by atoms with Crippen LogP contribution in [0.15, 0.2) is 30.6 Å². The van der Waals surface area contributed by atoms with Gasteiger partial charge in [0.15, 0.2) is 5.82 Å². The lowest BCUT2D eigenvalue weighted by molar-refractivity contribution is 0.0711. The van der Waals surface area contributed by atoms with Crippen LogP contribution < -0.4 is 4.90 Å². The van der Waals surface area contributed by atoms with Crippen LogP contribution in [0.2, 0.25) is 0 Å². The van der Waals surface area contributed by atoms with Crippen molar-refractivity contribution in [3.8, 4) is 0 Å². The summed E-state index contributed by atoms with van der Waals surface area (Å²) in [6.45, 7) is 6.06. The summed E-state index contributed by atoms with van der Waals surface area (Å²) in [6, 6.07) is 6.06. The summed E-state index contributed by atoms with van der Waals surface area (Å²) >= 11 is 0. The highest BCUT2D eigenvalue weighted by Crippen LogP contribution is 2.34. The zero-order valence-electron chi connectivity index (χ0n) is 14.1. The number of ether oxygens (including phenoxy) is 1. The number of aryl methyl sites for hydroxylation is 1. The smallest absolute Gasteiger partial charge is 0.151 e. The van der Waals surface area contributed by atoms with E-state index in [9.17, 15) is 0 Å². The number of rotatable bonds is 4. The third kappa shape index (κ3) is 3.14. The Morgan fingerprint density at radius 1 is 1.17 bits per heavy atom. The minimum absolute atomic E-state index is 0.176. The predicted molar refractivity (Wildman–Crippen MR) is 90.7 cm³/mol. The van der Waals surface area contributed by atoms with Crippen LogP contribution in [-0.2, 0) is 11.8 Å². The van der Waals surface area contributed by atoms with E-state index in [4.69, 9.17) is 4.74 Å². The Morgan fingerprint density at radius 2 is 2.04 bits per heavy atom. The van der Waals surface area contributed by atoms with E-state index in [1.54, 1.807) is 6.20 Å². The van der Waals surface area contributed by atoms with Crippen molar-refractivity contribution < 1.29 is 4.74 Å². The summed E-state index contributed by atoms with van der Waals surface area (Å²) < 4.78 is 7.95. The highest BCUT2D eigenvalue weighted by Gasteiger charge is 2.33. The largest absolute Gasteiger partial charge is 0.372 e. The predicted octanol–water partition coefficient (Wildman–Crippen LogP) is 1.11. The summed E-state index contributed by atoms with van der Waals surface area (Å²) in [6.07, 6.45) is 4.88. The van der Waals surface area contributed by atoms with E-state index in [0.717, 1.165) is 51.6 Å². The van der Waals surface area contributed by atoms with Gasteiger partial charge in [0.1, 0.15) is 6.10 Å². The molecule has 4 rings (SSSR count). The molecule has 128 valence electrons. The molecule has 2 fully saturated rings. The lowest BCUT2D eigenvalue weighted by Gasteiger charge is -2.36. The van der Waals surface area contributed by atoms with Gasteiger partial charge in [-0.25, -0.2) is 0 Å². The molecule has 0 bridgehead atoms. The van der Waals surface area contributed by atoms with Crippen LogP contribution in [0.1, 0.15) is 18.2 Å². The van der Waals surface area contributed by atoms with Crippen molar-refractivity contribution in [2.45, 2.75) is 12.5 Å². The molecule has 0 radical (unpaired) electrons. The summed E-state index contributed by atoms with van der Waals surface area (Å²) in [5, 5.41) is 12.5. The summed E-state index contributed by atoms with van der Waals surface area (Å²) in [5.74, 6) is 1.53. The zero-order valence-corrected chi connectivity index (χ0v) is 14.1. The zero-order chi connectivity index (χ0) is 16.4. The maximum absolute atomic E-state index is 6.01. The van der Waals surface area contributed by atoms with Gasteiger partial charge in [0.25, 0.3) is 0 Å². The van der Waals surface area contributed by atoms with E-state index in [1.807, 2.05) is 30.1 Å². The van der Waals surface area contributed by atoms with Crippen molar-refractivity contribution in [3.05, 3.63) is 36.3 Å². The van der Waals surface area contributed by atoms with Gasteiger partial charge in [0.05, 0.1) is 5.69 Å². The average Bonchev–Trinajstić information content (AvgIpc) is 3.25. The third-order valence-corrected chi connectivity index (χ3v) is 5.11. The summed E-state index contributed by atoms with van der Waals surface area (Å²) in [4.78, 5) is 4.86. The monoisotopic (exact) mass is 328 g/mol. The van der Waals surface area contributed by atoms with Gasteiger partial charge in [0.2, 0.25) is 0 Å². The first kappa shape index (κ1) is 15.5. The van der Waals surface area contributed by atoms with E-state index < -0.39 is 0 Å². The Kier molecular flexibility index (Phi) is 4.44. The average molecular weight is 328 g/mol. The first-order chi connectivity index (χ1) is 11.8. The van der Waals surface area contributed by atoms with E-state index in [-0.39, 0.29) is 6.10 Å². The molecule has 2 atom stereocenters. The topological polar surface area (TPSA) is 59.3 Å². The minimum Gasteiger partial charge on any atom is -0.372 e. The number of hydrogen-bond acceptors (Lipinski definition) is 6. The van der Waals surface area contributed by atoms with E-state index in [1.165, 1.54) is 5.69 Å². The molecule has 0 unspecified atom stereocenters. The molecule has 2 aromatic rings. The summed E-state index contributed by atoms with van der Waals surface area (Å²) in [5.41, 5.74) is 1.19. The van der Waals surface area contributed by atoms with Gasteiger partial charge >= 0.3 is 0 Å². The Morgan fingerprint density at radius 3 is 2.75 bits per heavy atom. The van der Waals surface area contributed by atoms with Crippen LogP contribution in [0.25, 0.3) is 0 Å². The van der Waals surface area contributed by atoms with Gasteiger partial charge < -0.3 is 9.64 Å². The second kappa shape index (κ2) is 6.86. The molecule has 7 heteroatoms. The fourth-order valence-electron chi connectivity index (χ4n) is 3.76. The lowest BCUT2D eigenvalue weighted by Crippen LogP contribution is -2.48. The molecule has 2 saturated heterocycles. The standard InChI is InChI=1S/C17H24N6O/c1-21-15(4-7-19-21)17-14(5-12-24-17)13-22-8-10-23(11-9-22)16-3-2-6-18-20-16/h2-4,6-7,14,17H,5,8-13H2,1H3/t14-,17+/m0/s1. The van der Waals surface area contributed by atoms with Crippen LogP contribution in [0.3, 0.4) is 0 Å². The molecule has 0 saturated carbocycles. The SMILES string of the molecule is Cn1nccc1[C@@H]1OCC[C@H]1CN1CCN(c2cccnn2)CC1. The molecule has 2 aliphatic heterocycles. The molecule has 24 heavy (non-hydrogen) atoms. The molecule has 0 spiro atoms. The van der Waals surface area contributed by atoms with Crippen molar-refractivity contribution in [1.82, 2.24) is 24.9 Å². The molecule has 4 heterocycles. The van der Waals surface area contributed by atoms with Gasteiger partial charge in [-0.1, -0.05) is 0 Å². The minimum atomic E-state index is 0.176. The summed E-state index contributed by atoms with van der Waals surface area (Å²) in [7, 11) is 1.99. The molecular formula is C17H24N6O. The van der Waals surface area contributed by atoms with Crippen LogP contribution in [0.5, 0.6) is 0 Å². The van der Waals surface area contributed by atoms with Crippen LogP contribution in [0, 0.1) is 5.92 Å². The molecule has 7 nitrogen and oxygen atoms in total. The Hall–Kier alpha value is -1.99. The van der Waals surface area contributed by atoms with Gasteiger partial charge in [-0.15, -0.1) is 5.10 Å². The van der Waals surface area contributed by atoms with Crippen LogP contribution in [-0.4, -0.2) is 64.2 Å². The maximum atomic E-state index is 6.01. The van der Waals surface area contributed by atoms with Gasteiger partial charge in [0, 0.05) is 64.7 Å². The van der Waals surface area contributed by atoms with Crippen molar-refractivity contribution in [3.63, 3.8) is 0 Å². The Bertz CT molecular complexity index is 652. The second-order valence-electron chi connectivity index (χ2n) is 6.59. The number of anilines is 1. The molecular weight excluding hydrogens is 304 g/mol. The van der Waals surface area contributed by atoms with Crippen LogP contribution in [0.4, 0.5) is 5.82 Å². The molecule has 0 aliphatic carbocycles. The number of aromatic nitrogens is 4. The van der Waals surface area contributed by atoms with Crippen molar-refractivity contribution in [2.75, 3.05) is 44.2 Å². The molecule has 0 aromatic carbocycles. The maximum Gasteiger partial charge on any atom is 0.151 e. The fourth-order valence-corrected chi connectivity index (χ4v) is 3.76. The lowest BCUT2D eigenvalue weighted by atomic mass is 9.98. The fraction of sp³-hybridized carbons (Fsp3) is 0.588. The van der Waals surface area contributed by atoms with Crippen molar-refractivity contribution >= 4 is 5.82 Å². The van der Waals surface area contributed by atoms with Gasteiger partial charge in [-0.2, -0.15) is 10.2 Å². The second-order valence-corrected chi connectivity index (χ2v) is 6.59. The van der Waals surface area contributed by atoms with Crippen molar-refractivity contribution in [1.29, 1.82) is 0 Å². The molecule has 0 amide bonds. The highest BCUT2D eigenvalue weighted by molar-refractivity contribution is 5.36. The van der Waals surface area contributed by atoms with Gasteiger partial charge in [-0.05, 0) is 24.6 Å². The number of nitrogens with zero attached hydrogens (tertiary/aromatic N) is 6.